The number of carbonyl (C=O) groups is 1. The van der Waals surface area contributed by atoms with Gasteiger partial charge in [0.15, 0.2) is 0 Å². The van der Waals surface area contributed by atoms with Crippen molar-refractivity contribution in [3.63, 3.8) is 0 Å². The lowest BCUT2D eigenvalue weighted by atomic mass is 10.1. The van der Waals surface area contributed by atoms with Gasteiger partial charge in [-0.05, 0) is 23.0 Å². The summed E-state index contributed by atoms with van der Waals surface area (Å²) in [5.41, 5.74) is 1.88. The van der Waals surface area contributed by atoms with Crippen molar-refractivity contribution in [2.45, 2.75) is 5.75 Å². The molecular formula is C11H15O2S+. The SMILES string of the molecule is COC(=O)c1ccc(C[S+](C)C)cc1. The molecule has 0 N–H and O–H groups in total. The van der Waals surface area contributed by atoms with Crippen LogP contribution in [0.4, 0.5) is 0 Å². The molecule has 0 aliphatic carbocycles. The van der Waals surface area contributed by atoms with E-state index in [9.17, 15) is 4.79 Å². The van der Waals surface area contributed by atoms with Crippen molar-refractivity contribution < 1.29 is 9.53 Å². The molecule has 3 heteroatoms. The maximum atomic E-state index is 11.1. The van der Waals surface area contributed by atoms with Crippen LogP contribution in [-0.4, -0.2) is 25.6 Å². The Bertz CT molecular complexity index is 304. The first-order valence-electron chi connectivity index (χ1n) is 4.35. The zero-order chi connectivity index (χ0) is 10.6. The summed E-state index contributed by atoms with van der Waals surface area (Å²) in [6, 6.07) is 7.60. The number of hydrogen-bond donors (Lipinski definition) is 0. The maximum absolute atomic E-state index is 11.1. The molecule has 0 unspecified atom stereocenters. The second kappa shape index (κ2) is 5.05. The third-order valence-electron chi connectivity index (χ3n) is 1.83. The van der Waals surface area contributed by atoms with Gasteiger partial charge in [0, 0.05) is 5.56 Å². The number of carbonyl (C=O) groups excluding carboxylic acids is 1. The Kier molecular flexibility index (Phi) is 4.01. The van der Waals surface area contributed by atoms with E-state index in [0.717, 1.165) is 5.75 Å². The Hall–Kier alpha value is -0.960. The van der Waals surface area contributed by atoms with Gasteiger partial charge in [0.25, 0.3) is 0 Å². The lowest BCUT2D eigenvalue weighted by Crippen LogP contribution is -2.02. The van der Waals surface area contributed by atoms with Crippen LogP contribution >= 0.6 is 0 Å². The minimum absolute atomic E-state index is 0.274. The first-order chi connectivity index (χ1) is 6.63. The number of esters is 1. The van der Waals surface area contributed by atoms with Crippen molar-refractivity contribution in [3.8, 4) is 0 Å². The van der Waals surface area contributed by atoms with Gasteiger partial charge in [-0.15, -0.1) is 0 Å². The summed E-state index contributed by atoms with van der Waals surface area (Å²) in [7, 11) is 1.79. The molecule has 1 aromatic carbocycles. The Labute approximate surface area is 87.6 Å². The number of benzene rings is 1. The molecule has 0 heterocycles. The number of rotatable bonds is 3. The topological polar surface area (TPSA) is 26.3 Å². The zero-order valence-electron chi connectivity index (χ0n) is 8.74. The summed E-state index contributed by atoms with van der Waals surface area (Å²) in [6.07, 6.45) is 4.41. The third-order valence-corrected chi connectivity index (χ3v) is 2.74. The second-order valence-corrected chi connectivity index (χ2v) is 5.58. The highest BCUT2D eigenvalue weighted by Crippen LogP contribution is 2.08. The van der Waals surface area contributed by atoms with Crippen LogP contribution in [0.15, 0.2) is 24.3 Å². The average molecular weight is 211 g/mol. The lowest BCUT2D eigenvalue weighted by Gasteiger charge is -2.01. The number of ether oxygens (including phenoxy) is 1. The van der Waals surface area contributed by atoms with E-state index in [0.29, 0.717) is 16.5 Å². The smallest absolute Gasteiger partial charge is 0.337 e. The highest BCUT2D eigenvalue weighted by molar-refractivity contribution is 7.94. The zero-order valence-corrected chi connectivity index (χ0v) is 9.56. The van der Waals surface area contributed by atoms with Gasteiger partial charge in [0.2, 0.25) is 0 Å². The van der Waals surface area contributed by atoms with Crippen LogP contribution in [0, 0.1) is 0 Å². The minimum atomic E-state index is -0.274. The van der Waals surface area contributed by atoms with E-state index in [1.165, 1.54) is 12.7 Å². The Morgan fingerprint density at radius 1 is 1.29 bits per heavy atom. The highest BCUT2D eigenvalue weighted by Gasteiger charge is 2.07. The van der Waals surface area contributed by atoms with Crippen LogP contribution in [-0.2, 0) is 21.4 Å². The van der Waals surface area contributed by atoms with E-state index in [-0.39, 0.29) is 5.97 Å². The van der Waals surface area contributed by atoms with E-state index in [2.05, 4.69) is 17.2 Å². The summed E-state index contributed by atoms with van der Waals surface area (Å²) in [4.78, 5) is 11.1. The highest BCUT2D eigenvalue weighted by atomic mass is 32.2. The Balaban J connectivity index is 2.73. The molecule has 0 saturated heterocycles. The molecule has 0 bridgehead atoms. The van der Waals surface area contributed by atoms with E-state index in [1.807, 2.05) is 24.3 Å². The summed E-state index contributed by atoms with van der Waals surface area (Å²) < 4.78 is 4.62. The van der Waals surface area contributed by atoms with E-state index >= 15 is 0 Å². The van der Waals surface area contributed by atoms with Crippen LogP contribution in [0.25, 0.3) is 0 Å². The van der Waals surface area contributed by atoms with Crippen LogP contribution < -0.4 is 0 Å². The first-order valence-corrected chi connectivity index (χ1v) is 6.56. The fourth-order valence-corrected chi connectivity index (χ4v) is 2.05. The molecule has 0 amide bonds. The molecule has 0 aromatic heterocycles. The van der Waals surface area contributed by atoms with E-state index in [4.69, 9.17) is 0 Å². The Morgan fingerprint density at radius 3 is 2.29 bits per heavy atom. The van der Waals surface area contributed by atoms with Crippen molar-refractivity contribution in [2.24, 2.45) is 0 Å². The number of hydrogen-bond acceptors (Lipinski definition) is 2. The maximum Gasteiger partial charge on any atom is 0.337 e. The normalized spacial score (nSPS) is 10.3. The predicted molar refractivity (Wildman–Crippen MR) is 60.7 cm³/mol. The lowest BCUT2D eigenvalue weighted by molar-refractivity contribution is 0.0601. The van der Waals surface area contributed by atoms with Gasteiger partial charge >= 0.3 is 5.97 Å². The summed E-state index contributed by atoms with van der Waals surface area (Å²) >= 11 is 0. The van der Waals surface area contributed by atoms with Crippen LogP contribution in [0.1, 0.15) is 15.9 Å². The van der Waals surface area contributed by atoms with Crippen LogP contribution in [0.3, 0.4) is 0 Å². The monoisotopic (exact) mass is 211 g/mol. The molecule has 76 valence electrons. The molecule has 14 heavy (non-hydrogen) atoms. The van der Waals surface area contributed by atoms with Gasteiger partial charge in [-0.3, -0.25) is 0 Å². The fourth-order valence-electron chi connectivity index (χ4n) is 1.19. The number of methoxy groups -OCH3 is 1. The quantitative estimate of drug-likeness (QED) is 0.563. The molecular weight excluding hydrogens is 196 g/mol. The Morgan fingerprint density at radius 2 is 1.86 bits per heavy atom. The standard InChI is InChI=1S/C11H15O2S/c1-13-11(12)10-6-4-9(5-7-10)8-14(2)3/h4-7H,8H2,1-3H3/q+1. The molecule has 0 aliphatic heterocycles. The van der Waals surface area contributed by atoms with E-state index in [1.54, 1.807) is 0 Å². The molecule has 0 atom stereocenters. The minimum Gasteiger partial charge on any atom is -0.465 e. The van der Waals surface area contributed by atoms with Crippen LogP contribution in [0.2, 0.25) is 0 Å². The average Bonchev–Trinajstić information content (AvgIpc) is 2.17. The second-order valence-electron chi connectivity index (χ2n) is 3.32. The molecule has 0 saturated carbocycles. The third kappa shape index (κ3) is 3.07. The summed E-state index contributed by atoms with van der Waals surface area (Å²) in [6.45, 7) is 0. The van der Waals surface area contributed by atoms with Gasteiger partial charge < -0.3 is 4.74 Å². The summed E-state index contributed by atoms with van der Waals surface area (Å²) in [5, 5.41) is 0. The van der Waals surface area contributed by atoms with Gasteiger partial charge in [0.05, 0.1) is 25.2 Å². The molecule has 2 nitrogen and oxygen atoms in total. The molecule has 1 rings (SSSR count). The van der Waals surface area contributed by atoms with Crippen LogP contribution in [0.5, 0.6) is 0 Å². The largest absolute Gasteiger partial charge is 0.465 e. The molecule has 0 fully saturated rings. The van der Waals surface area contributed by atoms with Crippen molar-refractivity contribution in [1.82, 2.24) is 0 Å². The van der Waals surface area contributed by atoms with Crippen molar-refractivity contribution in [1.29, 1.82) is 0 Å². The van der Waals surface area contributed by atoms with Crippen molar-refractivity contribution in [3.05, 3.63) is 35.4 Å². The van der Waals surface area contributed by atoms with Gasteiger partial charge in [-0.1, -0.05) is 12.1 Å². The fraction of sp³-hybridized carbons (Fsp3) is 0.364. The molecule has 0 spiro atoms. The predicted octanol–water partition coefficient (Wildman–Crippen LogP) is 1.85. The molecule has 1 aromatic rings. The van der Waals surface area contributed by atoms with Gasteiger partial charge in [0.1, 0.15) is 5.75 Å². The molecule has 0 aliphatic rings. The van der Waals surface area contributed by atoms with Crippen molar-refractivity contribution in [2.75, 3.05) is 19.6 Å². The molecule has 0 radical (unpaired) electrons. The first kappa shape index (κ1) is 11.1. The van der Waals surface area contributed by atoms with E-state index < -0.39 is 0 Å². The van der Waals surface area contributed by atoms with Crippen molar-refractivity contribution >= 4 is 16.9 Å². The van der Waals surface area contributed by atoms with Gasteiger partial charge in [-0.25, -0.2) is 4.79 Å². The van der Waals surface area contributed by atoms with Gasteiger partial charge in [-0.2, -0.15) is 0 Å². The summed E-state index contributed by atoms with van der Waals surface area (Å²) in [5.74, 6) is 0.796.